The van der Waals surface area contributed by atoms with Crippen molar-refractivity contribution in [3.8, 4) is 6.07 Å². The summed E-state index contributed by atoms with van der Waals surface area (Å²) in [5.74, 6) is -1.07. The van der Waals surface area contributed by atoms with Crippen molar-refractivity contribution in [2.75, 3.05) is 18.0 Å². The zero-order valence-corrected chi connectivity index (χ0v) is 9.68. The first-order valence-electron chi connectivity index (χ1n) is 5.61. The van der Waals surface area contributed by atoms with Gasteiger partial charge in [0.25, 0.3) is 0 Å². The highest BCUT2D eigenvalue weighted by atomic mass is 16.4. The molecule has 2 rings (SSSR count). The molecule has 0 bridgehead atoms. The van der Waals surface area contributed by atoms with Crippen LogP contribution in [-0.4, -0.2) is 24.2 Å². The van der Waals surface area contributed by atoms with Crippen LogP contribution < -0.4 is 4.90 Å². The lowest BCUT2D eigenvalue weighted by atomic mass is 10.1. The van der Waals surface area contributed by atoms with Crippen LogP contribution in [0.3, 0.4) is 0 Å². The van der Waals surface area contributed by atoms with Gasteiger partial charge in [-0.25, -0.2) is 0 Å². The average Bonchev–Trinajstić information content (AvgIpc) is 2.77. The third-order valence-electron chi connectivity index (χ3n) is 3.21. The van der Waals surface area contributed by atoms with E-state index in [0.29, 0.717) is 25.1 Å². The van der Waals surface area contributed by atoms with Crippen LogP contribution in [0, 0.1) is 24.2 Å². The van der Waals surface area contributed by atoms with Crippen molar-refractivity contribution in [3.05, 3.63) is 29.3 Å². The van der Waals surface area contributed by atoms with Crippen molar-refractivity contribution in [1.82, 2.24) is 0 Å². The molecule has 0 spiro atoms. The number of anilines is 1. The summed E-state index contributed by atoms with van der Waals surface area (Å²) < 4.78 is 0. The molecule has 1 aromatic carbocycles. The number of rotatable bonds is 2. The van der Waals surface area contributed by atoms with Crippen molar-refractivity contribution in [3.63, 3.8) is 0 Å². The van der Waals surface area contributed by atoms with Gasteiger partial charge in [0.2, 0.25) is 0 Å². The summed E-state index contributed by atoms with van der Waals surface area (Å²) in [6, 6.07) is 7.74. The van der Waals surface area contributed by atoms with Gasteiger partial charge in [0, 0.05) is 13.1 Å². The number of carboxylic acid groups (broad SMARTS) is 1. The van der Waals surface area contributed by atoms with Gasteiger partial charge < -0.3 is 10.0 Å². The second kappa shape index (κ2) is 4.46. The lowest BCUT2D eigenvalue weighted by Gasteiger charge is -2.21. The summed E-state index contributed by atoms with van der Waals surface area (Å²) >= 11 is 0. The average molecular weight is 230 g/mol. The number of para-hydroxylation sites is 1. The monoisotopic (exact) mass is 230 g/mol. The maximum atomic E-state index is 10.9. The van der Waals surface area contributed by atoms with Crippen LogP contribution in [0.4, 0.5) is 5.69 Å². The summed E-state index contributed by atoms with van der Waals surface area (Å²) in [6.07, 6.45) is 0.647. The predicted octanol–water partition coefficient (Wildman–Crippen LogP) is 1.78. The molecule has 1 heterocycles. The van der Waals surface area contributed by atoms with Crippen LogP contribution in [0.25, 0.3) is 0 Å². The standard InChI is InChI=1S/C13H14N2O2/c1-9-3-2-4-10(7-14)12(9)15-6-5-11(8-15)13(16)17/h2-4,11H,5-6,8H2,1H3,(H,16,17). The molecular formula is C13H14N2O2. The third kappa shape index (κ3) is 2.09. The number of aliphatic carboxylic acids is 1. The molecule has 1 aliphatic heterocycles. The van der Waals surface area contributed by atoms with Crippen molar-refractivity contribution in [1.29, 1.82) is 5.26 Å². The highest BCUT2D eigenvalue weighted by Crippen LogP contribution is 2.29. The van der Waals surface area contributed by atoms with Gasteiger partial charge in [-0.15, -0.1) is 0 Å². The Labute approximate surface area is 100 Å². The predicted molar refractivity (Wildman–Crippen MR) is 63.8 cm³/mol. The van der Waals surface area contributed by atoms with Gasteiger partial charge in [-0.1, -0.05) is 12.1 Å². The van der Waals surface area contributed by atoms with Crippen LogP contribution >= 0.6 is 0 Å². The molecule has 1 saturated heterocycles. The van der Waals surface area contributed by atoms with Gasteiger partial charge >= 0.3 is 5.97 Å². The molecular weight excluding hydrogens is 216 g/mol. The zero-order chi connectivity index (χ0) is 12.4. The summed E-state index contributed by atoms with van der Waals surface area (Å²) in [4.78, 5) is 12.9. The topological polar surface area (TPSA) is 64.3 Å². The highest BCUT2D eigenvalue weighted by Gasteiger charge is 2.29. The van der Waals surface area contributed by atoms with Crippen LogP contribution in [0.5, 0.6) is 0 Å². The van der Waals surface area contributed by atoms with E-state index >= 15 is 0 Å². The van der Waals surface area contributed by atoms with E-state index in [-0.39, 0.29) is 5.92 Å². The minimum atomic E-state index is -0.750. The fraction of sp³-hybridized carbons (Fsp3) is 0.385. The molecule has 4 heteroatoms. The second-order valence-corrected chi connectivity index (χ2v) is 4.35. The van der Waals surface area contributed by atoms with Crippen LogP contribution in [0.15, 0.2) is 18.2 Å². The third-order valence-corrected chi connectivity index (χ3v) is 3.21. The van der Waals surface area contributed by atoms with Gasteiger partial charge in [-0.2, -0.15) is 5.26 Å². The Morgan fingerprint density at radius 1 is 1.59 bits per heavy atom. The minimum absolute atomic E-state index is 0.318. The molecule has 0 aromatic heterocycles. The number of aryl methyl sites for hydroxylation is 1. The smallest absolute Gasteiger partial charge is 0.308 e. The zero-order valence-electron chi connectivity index (χ0n) is 9.68. The molecule has 0 aliphatic carbocycles. The number of nitrogens with zero attached hydrogens (tertiary/aromatic N) is 2. The number of hydrogen-bond acceptors (Lipinski definition) is 3. The second-order valence-electron chi connectivity index (χ2n) is 4.35. The van der Waals surface area contributed by atoms with Crippen LogP contribution in [0.1, 0.15) is 17.5 Å². The van der Waals surface area contributed by atoms with Gasteiger partial charge in [0.05, 0.1) is 17.2 Å². The molecule has 1 fully saturated rings. The largest absolute Gasteiger partial charge is 0.481 e. The first-order chi connectivity index (χ1) is 8.13. The van der Waals surface area contributed by atoms with Crippen molar-refractivity contribution >= 4 is 11.7 Å². The van der Waals surface area contributed by atoms with Gasteiger partial charge in [0.15, 0.2) is 0 Å². The maximum absolute atomic E-state index is 10.9. The highest BCUT2D eigenvalue weighted by molar-refractivity contribution is 5.73. The molecule has 0 amide bonds. The molecule has 1 unspecified atom stereocenters. The van der Waals surface area contributed by atoms with E-state index in [1.807, 2.05) is 24.0 Å². The summed E-state index contributed by atoms with van der Waals surface area (Å²) in [5.41, 5.74) is 2.53. The quantitative estimate of drug-likeness (QED) is 0.841. The van der Waals surface area contributed by atoms with E-state index < -0.39 is 5.97 Å². The number of carbonyl (C=O) groups is 1. The Hall–Kier alpha value is -2.02. The first-order valence-corrected chi connectivity index (χ1v) is 5.61. The molecule has 1 N–H and O–H groups in total. The number of nitriles is 1. The molecule has 1 aliphatic rings. The lowest BCUT2D eigenvalue weighted by molar-refractivity contribution is -0.140. The van der Waals surface area contributed by atoms with Crippen molar-refractivity contribution < 1.29 is 9.90 Å². The molecule has 88 valence electrons. The van der Waals surface area contributed by atoms with E-state index in [2.05, 4.69) is 6.07 Å². The number of hydrogen-bond donors (Lipinski definition) is 1. The Balaban J connectivity index is 2.31. The molecule has 17 heavy (non-hydrogen) atoms. The Kier molecular flexibility index (Phi) is 3.01. The van der Waals surface area contributed by atoms with Gasteiger partial charge in [0.1, 0.15) is 6.07 Å². The molecule has 4 nitrogen and oxygen atoms in total. The Morgan fingerprint density at radius 3 is 2.94 bits per heavy atom. The van der Waals surface area contributed by atoms with E-state index in [9.17, 15) is 4.79 Å². The number of benzene rings is 1. The van der Waals surface area contributed by atoms with Gasteiger partial charge in [-0.05, 0) is 25.0 Å². The van der Waals surface area contributed by atoms with Crippen molar-refractivity contribution in [2.45, 2.75) is 13.3 Å². The van der Waals surface area contributed by atoms with Gasteiger partial charge in [-0.3, -0.25) is 4.79 Å². The Morgan fingerprint density at radius 2 is 2.35 bits per heavy atom. The van der Waals surface area contributed by atoms with Crippen LogP contribution in [0.2, 0.25) is 0 Å². The van der Waals surface area contributed by atoms with E-state index in [0.717, 1.165) is 11.3 Å². The fourth-order valence-electron chi connectivity index (χ4n) is 2.33. The first kappa shape index (κ1) is 11.5. The van der Waals surface area contributed by atoms with E-state index in [1.165, 1.54) is 0 Å². The van der Waals surface area contributed by atoms with E-state index in [1.54, 1.807) is 6.07 Å². The lowest BCUT2D eigenvalue weighted by Crippen LogP contribution is -2.24. The molecule has 0 radical (unpaired) electrons. The number of carboxylic acids is 1. The van der Waals surface area contributed by atoms with Crippen molar-refractivity contribution in [2.24, 2.45) is 5.92 Å². The SMILES string of the molecule is Cc1cccc(C#N)c1N1CCC(C(=O)O)C1. The van der Waals surface area contributed by atoms with E-state index in [4.69, 9.17) is 10.4 Å². The molecule has 0 saturated carbocycles. The normalized spacial score (nSPS) is 19.1. The summed E-state index contributed by atoms with van der Waals surface area (Å²) in [5, 5.41) is 18.1. The van der Waals surface area contributed by atoms with Crippen LogP contribution in [-0.2, 0) is 4.79 Å². The maximum Gasteiger partial charge on any atom is 0.308 e. The molecule has 1 aromatic rings. The summed E-state index contributed by atoms with van der Waals surface area (Å²) in [7, 11) is 0. The molecule has 1 atom stereocenters. The Bertz CT molecular complexity index is 491. The minimum Gasteiger partial charge on any atom is -0.481 e. The summed E-state index contributed by atoms with van der Waals surface area (Å²) in [6.45, 7) is 3.15. The fourth-order valence-corrected chi connectivity index (χ4v) is 2.33.